The molecule has 0 saturated carbocycles. The topological polar surface area (TPSA) is 130 Å². The highest BCUT2D eigenvalue weighted by molar-refractivity contribution is 5.81. The lowest BCUT2D eigenvalue weighted by molar-refractivity contribution is -0.146. The van der Waals surface area contributed by atoms with Gasteiger partial charge in [-0.1, -0.05) is 0 Å². The molecule has 0 radical (unpaired) electrons. The lowest BCUT2D eigenvalue weighted by Gasteiger charge is -2.19. The molecule has 3 rings (SSSR count). The van der Waals surface area contributed by atoms with Crippen LogP contribution in [0.1, 0.15) is 23.0 Å². The summed E-state index contributed by atoms with van der Waals surface area (Å²) in [6, 6.07) is 5.32. The molecule has 0 bridgehead atoms. The van der Waals surface area contributed by atoms with E-state index in [4.69, 9.17) is 21.0 Å². The van der Waals surface area contributed by atoms with Gasteiger partial charge < -0.3 is 0 Å². The van der Waals surface area contributed by atoms with Crippen molar-refractivity contribution in [3.05, 3.63) is 33.7 Å². The van der Waals surface area contributed by atoms with E-state index >= 15 is 0 Å². The Balaban J connectivity index is 3.05. The van der Waals surface area contributed by atoms with Gasteiger partial charge in [0.15, 0.2) is 22.5 Å². The fourth-order valence-electron chi connectivity index (χ4n) is 3.39. The summed E-state index contributed by atoms with van der Waals surface area (Å²) in [5.74, 6) is -1.22. The summed E-state index contributed by atoms with van der Waals surface area (Å²) in [5.41, 5.74) is -7.65. The van der Waals surface area contributed by atoms with Gasteiger partial charge in [0.05, 0.1) is 0 Å². The second-order valence-corrected chi connectivity index (χ2v) is 6.27. The molecule has 3 aromatic heterocycles. The van der Waals surface area contributed by atoms with Crippen LogP contribution in [0.2, 0.25) is 0 Å². The smallest absolute Gasteiger partial charge is 0.288 e. The summed E-state index contributed by atoms with van der Waals surface area (Å²) in [6.45, 7) is 1.91. The van der Waals surface area contributed by atoms with Gasteiger partial charge in [0, 0.05) is 0 Å². The molecule has 0 spiro atoms. The number of nitriles is 4. The molecule has 3 aromatic rings. The Hall–Kier alpha value is -4.56. The first-order chi connectivity index (χ1) is 14.8. The summed E-state index contributed by atoms with van der Waals surface area (Å²) < 4.78 is 85.5. The molecule has 3 heterocycles. The Labute approximate surface area is 173 Å². The Morgan fingerprint density at radius 1 is 0.656 bits per heavy atom. The Morgan fingerprint density at radius 3 is 1.16 bits per heavy atom. The fourth-order valence-corrected chi connectivity index (χ4v) is 3.39. The zero-order valence-electron chi connectivity index (χ0n) is 15.8. The van der Waals surface area contributed by atoms with Gasteiger partial charge in [-0.15, -0.1) is 0 Å². The first-order valence-corrected chi connectivity index (χ1v) is 8.26. The van der Waals surface area contributed by atoms with Crippen LogP contribution >= 0.6 is 0 Å². The number of halogens is 6. The SMILES string of the molecule is Cc1nc(=C(C#N)C#N)c2c(C(F)(F)F)n3c(C)nc(=C(C#N)C#N)c3c(C(F)(F)F)n12. The molecule has 0 aliphatic carbocycles. The van der Waals surface area contributed by atoms with Crippen LogP contribution in [-0.2, 0) is 12.4 Å². The number of imidazole rings is 2. The molecule has 0 aliphatic rings. The maximum atomic E-state index is 14.2. The van der Waals surface area contributed by atoms with Crippen molar-refractivity contribution in [3.63, 3.8) is 0 Å². The number of hydrogen-bond acceptors (Lipinski definition) is 6. The average Bonchev–Trinajstić information content (AvgIpc) is 3.19. The Morgan fingerprint density at radius 2 is 0.938 bits per heavy atom. The van der Waals surface area contributed by atoms with Gasteiger partial charge in [-0.05, 0) is 13.8 Å². The first kappa shape index (κ1) is 22.1. The minimum absolute atomic E-state index is 0.110. The normalized spacial score (nSPS) is 11.6. The van der Waals surface area contributed by atoms with Crippen LogP contribution in [0.4, 0.5) is 26.3 Å². The van der Waals surface area contributed by atoms with Gasteiger partial charge in [0.1, 0.15) is 57.7 Å². The lowest BCUT2D eigenvalue weighted by atomic mass is 10.2. The van der Waals surface area contributed by atoms with Crippen LogP contribution < -0.4 is 10.7 Å². The largest absolute Gasteiger partial charge is 0.433 e. The monoisotopic (exact) mass is 448 g/mol. The van der Waals surface area contributed by atoms with Gasteiger partial charge in [0.2, 0.25) is 0 Å². The van der Waals surface area contributed by atoms with Crippen LogP contribution in [0.5, 0.6) is 0 Å². The van der Waals surface area contributed by atoms with Gasteiger partial charge in [0.25, 0.3) is 0 Å². The lowest BCUT2D eigenvalue weighted by Crippen LogP contribution is -2.26. The molecule has 0 unspecified atom stereocenters. The number of hydrogen-bond donors (Lipinski definition) is 0. The molecule has 32 heavy (non-hydrogen) atoms. The minimum atomic E-state index is -5.32. The van der Waals surface area contributed by atoms with E-state index in [2.05, 4.69) is 9.97 Å². The van der Waals surface area contributed by atoms with E-state index in [1.165, 1.54) is 24.3 Å². The number of aromatic nitrogens is 4. The van der Waals surface area contributed by atoms with Crippen LogP contribution in [0.15, 0.2) is 0 Å². The van der Waals surface area contributed by atoms with Crippen molar-refractivity contribution in [3.8, 4) is 24.3 Å². The van der Waals surface area contributed by atoms with Crippen molar-refractivity contribution in [1.29, 1.82) is 21.0 Å². The first-order valence-electron chi connectivity index (χ1n) is 8.26. The van der Waals surface area contributed by atoms with Crippen LogP contribution in [0.25, 0.3) is 22.2 Å². The highest BCUT2D eigenvalue weighted by atomic mass is 19.4. The zero-order chi connectivity index (χ0) is 24.2. The fraction of sp³-hybridized carbons (Fsp3) is 0.222. The standard InChI is InChI=1S/C18H6F6N8/c1-7-29-11(9(3-25)4-26)13-16(18(22,23)24)32-8(2)30-12(10(5-27)6-28)14(32)15(31(7)13)17(19,20)21/h1-2H3. The van der Waals surface area contributed by atoms with Gasteiger partial charge >= 0.3 is 12.4 Å². The molecular weight excluding hydrogens is 442 g/mol. The summed E-state index contributed by atoms with van der Waals surface area (Å²) in [5, 5.41) is 34.7. The molecule has 0 fully saturated rings. The van der Waals surface area contributed by atoms with E-state index in [1.807, 2.05) is 0 Å². The van der Waals surface area contributed by atoms with Crippen molar-refractivity contribution < 1.29 is 26.3 Å². The van der Waals surface area contributed by atoms with Gasteiger partial charge in [-0.2, -0.15) is 47.4 Å². The average molecular weight is 448 g/mol. The third-order valence-electron chi connectivity index (χ3n) is 4.44. The highest BCUT2D eigenvalue weighted by Gasteiger charge is 2.45. The van der Waals surface area contributed by atoms with E-state index in [9.17, 15) is 26.3 Å². The zero-order valence-corrected chi connectivity index (χ0v) is 15.8. The Bertz CT molecular complexity index is 1450. The van der Waals surface area contributed by atoms with Crippen molar-refractivity contribution in [2.45, 2.75) is 26.2 Å². The minimum Gasteiger partial charge on any atom is -0.288 e. The summed E-state index contributed by atoms with van der Waals surface area (Å²) in [4.78, 5) is 7.28. The van der Waals surface area contributed by atoms with Crippen LogP contribution in [0, 0.1) is 59.2 Å². The van der Waals surface area contributed by atoms with Crippen LogP contribution in [-0.4, -0.2) is 18.8 Å². The Kier molecular flexibility index (Phi) is 4.84. The van der Waals surface area contributed by atoms with E-state index in [0.717, 1.165) is 13.8 Å². The third kappa shape index (κ3) is 2.98. The van der Waals surface area contributed by atoms with E-state index in [1.54, 1.807) is 0 Å². The molecule has 0 amide bonds. The maximum Gasteiger partial charge on any atom is 0.433 e. The quantitative estimate of drug-likeness (QED) is 0.484. The molecule has 0 aromatic carbocycles. The van der Waals surface area contributed by atoms with Crippen molar-refractivity contribution in [2.24, 2.45) is 0 Å². The molecule has 0 atom stereocenters. The number of nitrogens with zero attached hydrogens (tertiary/aromatic N) is 8. The summed E-state index contributed by atoms with van der Waals surface area (Å²) >= 11 is 0. The summed E-state index contributed by atoms with van der Waals surface area (Å²) in [7, 11) is 0. The molecule has 14 heteroatoms. The predicted molar refractivity (Wildman–Crippen MR) is 91.9 cm³/mol. The van der Waals surface area contributed by atoms with Crippen molar-refractivity contribution in [1.82, 2.24) is 18.8 Å². The van der Waals surface area contributed by atoms with Gasteiger partial charge in [-0.3, -0.25) is 8.80 Å². The molecule has 0 N–H and O–H groups in total. The predicted octanol–water partition coefficient (Wildman–Crippen LogP) is 2.03. The molecule has 0 saturated heterocycles. The van der Waals surface area contributed by atoms with Gasteiger partial charge in [-0.25, -0.2) is 9.97 Å². The summed E-state index contributed by atoms with van der Waals surface area (Å²) in [6.07, 6.45) is -10.6. The molecule has 0 aliphatic heterocycles. The van der Waals surface area contributed by atoms with Crippen molar-refractivity contribution in [2.75, 3.05) is 0 Å². The highest BCUT2D eigenvalue weighted by Crippen LogP contribution is 2.39. The second-order valence-electron chi connectivity index (χ2n) is 6.27. The third-order valence-corrected chi connectivity index (χ3v) is 4.44. The van der Waals surface area contributed by atoms with E-state index in [-0.39, 0.29) is 8.80 Å². The maximum absolute atomic E-state index is 14.2. The molecule has 160 valence electrons. The number of alkyl halides is 6. The van der Waals surface area contributed by atoms with Crippen molar-refractivity contribution >= 4 is 22.2 Å². The number of fused-ring (bicyclic) bond motifs is 2. The molecular formula is C18H6F6N8. The van der Waals surface area contributed by atoms with Crippen LogP contribution in [0.3, 0.4) is 0 Å². The number of rotatable bonds is 0. The van der Waals surface area contributed by atoms with E-state index < -0.39 is 68.3 Å². The molecule has 8 nitrogen and oxygen atoms in total. The van der Waals surface area contributed by atoms with E-state index in [0.29, 0.717) is 0 Å². The number of aryl methyl sites for hydroxylation is 2. The second kappa shape index (κ2) is 7.00.